The predicted molar refractivity (Wildman–Crippen MR) is 98.1 cm³/mol. The lowest BCUT2D eigenvalue weighted by Gasteiger charge is -2.17. The molecule has 3 rings (SSSR count). The van der Waals surface area contributed by atoms with Crippen LogP contribution in [-0.4, -0.2) is 36.4 Å². The van der Waals surface area contributed by atoms with Crippen LogP contribution >= 0.6 is 12.4 Å². The Morgan fingerprint density at radius 3 is 2.73 bits per heavy atom. The molecule has 0 bridgehead atoms. The van der Waals surface area contributed by atoms with E-state index in [9.17, 15) is 9.59 Å². The third-order valence-electron chi connectivity index (χ3n) is 4.25. The number of likely N-dealkylation sites (tertiary alicyclic amines) is 1. The van der Waals surface area contributed by atoms with Crippen LogP contribution in [0, 0.1) is 0 Å². The van der Waals surface area contributed by atoms with Gasteiger partial charge in [-0.05, 0) is 30.2 Å². The summed E-state index contributed by atoms with van der Waals surface area (Å²) in [6, 6.07) is 8.66. The average molecular weight is 380 g/mol. The number of ether oxygens (including phenoxy) is 1. The van der Waals surface area contributed by atoms with Crippen molar-refractivity contribution in [3.8, 4) is 5.75 Å². The number of nitrogens with two attached hydrogens (primary N) is 1. The molecule has 1 aromatic carbocycles. The number of carbonyl (C=O) groups excluding carboxylic acids is 2. The molecule has 0 aliphatic carbocycles. The Morgan fingerprint density at radius 1 is 1.38 bits per heavy atom. The number of halogens is 1. The molecule has 3 N–H and O–H groups in total. The van der Waals surface area contributed by atoms with Gasteiger partial charge in [0, 0.05) is 13.1 Å². The lowest BCUT2D eigenvalue weighted by molar-refractivity contribution is -0.129. The summed E-state index contributed by atoms with van der Waals surface area (Å²) in [7, 11) is 1.61. The summed E-state index contributed by atoms with van der Waals surface area (Å²) in [6.07, 6.45) is 1.94. The van der Waals surface area contributed by atoms with Gasteiger partial charge < -0.3 is 25.1 Å². The van der Waals surface area contributed by atoms with E-state index in [0.29, 0.717) is 30.8 Å². The van der Waals surface area contributed by atoms with Crippen molar-refractivity contribution in [2.24, 2.45) is 5.73 Å². The van der Waals surface area contributed by atoms with E-state index in [-0.39, 0.29) is 30.8 Å². The summed E-state index contributed by atoms with van der Waals surface area (Å²) in [5.74, 6) is 0.905. The summed E-state index contributed by atoms with van der Waals surface area (Å²) in [4.78, 5) is 26.5. The molecular formula is C18H22ClN3O4. The van der Waals surface area contributed by atoms with Crippen LogP contribution in [0.4, 0.5) is 0 Å². The minimum absolute atomic E-state index is 0. The molecule has 140 valence electrons. The minimum Gasteiger partial charge on any atom is -0.497 e. The smallest absolute Gasteiger partial charge is 0.255 e. The fourth-order valence-electron chi connectivity index (χ4n) is 2.83. The number of amides is 2. The van der Waals surface area contributed by atoms with Crippen LogP contribution in [0.2, 0.25) is 0 Å². The molecule has 0 radical (unpaired) electrons. The SMILES string of the molecule is COc1ccc(CN2CCC(NC(=O)c3coc(CN)c3)C2=O)cc1.Cl. The van der Waals surface area contributed by atoms with E-state index in [1.165, 1.54) is 6.26 Å². The summed E-state index contributed by atoms with van der Waals surface area (Å²) in [6.45, 7) is 1.35. The molecule has 1 aliphatic rings. The summed E-state index contributed by atoms with van der Waals surface area (Å²) in [5.41, 5.74) is 6.86. The maximum atomic E-state index is 12.5. The fraction of sp³-hybridized carbons (Fsp3) is 0.333. The van der Waals surface area contributed by atoms with Crippen molar-refractivity contribution in [1.29, 1.82) is 0 Å². The van der Waals surface area contributed by atoms with Crippen molar-refractivity contribution < 1.29 is 18.7 Å². The van der Waals surface area contributed by atoms with Crippen molar-refractivity contribution in [2.45, 2.75) is 25.6 Å². The zero-order valence-corrected chi connectivity index (χ0v) is 15.3. The zero-order chi connectivity index (χ0) is 17.8. The number of furan rings is 1. The molecular weight excluding hydrogens is 358 g/mol. The van der Waals surface area contributed by atoms with Gasteiger partial charge >= 0.3 is 0 Å². The maximum absolute atomic E-state index is 12.5. The van der Waals surface area contributed by atoms with Crippen LogP contribution in [-0.2, 0) is 17.9 Å². The number of nitrogens with one attached hydrogen (secondary N) is 1. The van der Waals surface area contributed by atoms with Gasteiger partial charge in [-0.15, -0.1) is 12.4 Å². The third kappa shape index (κ3) is 4.36. The Hall–Kier alpha value is -2.51. The number of hydrogen-bond acceptors (Lipinski definition) is 5. The van der Waals surface area contributed by atoms with Gasteiger partial charge in [-0.25, -0.2) is 0 Å². The highest BCUT2D eigenvalue weighted by atomic mass is 35.5. The molecule has 1 aliphatic heterocycles. The van der Waals surface area contributed by atoms with E-state index in [2.05, 4.69) is 5.32 Å². The van der Waals surface area contributed by atoms with Crippen molar-refractivity contribution >= 4 is 24.2 Å². The van der Waals surface area contributed by atoms with Gasteiger partial charge in [-0.1, -0.05) is 12.1 Å². The highest BCUT2D eigenvalue weighted by Crippen LogP contribution is 2.18. The number of hydrogen-bond donors (Lipinski definition) is 2. The van der Waals surface area contributed by atoms with Crippen molar-refractivity contribution in [3.63, 3.8) is 0 Å². The number of methoxy groups -OCH3 is 1. The van der Waals surface area contributed by atoms with Gasteiger partial charge in [0.25, 0.3) is 5.91 Å². The van der Waals surface area contributed by atoms with Gasteiger partial charge in [0.15, 0.2) is 0 Å². The Labute approximate surface area is 157 Å². The van der Waals surface area contributed by atoms with Crippen molar-refractivity contribution in [2.75, 3.05) is 13.7 Å². The van der Waals surface area contributed by atoms with E-state index in [1.807, 2.05) is 24.3 Å². The number of rotatable bonds is 6. The Balaban J connectivity index is 0.00000243. The Bertz CT molecular complexity index is 760. The van der Waals surface area contributed by atoms with Gasteiger partial charge in [0.05, 0.1) is 19.2 Å². The zero-order valence-electron chi connectivity index (χ0n) is 14.4. The molecule has 0 saturated carbocycles. The molecule has 2 amide bonds. The highest BCUT2D eigenvalue weighted by Gasteiger charge is 2.33. The highest BCUT2D eigenvalue weighted by molar-refractivity contribution is 5.97. The molecule has 1 aromatic heterocycles. The lowest BCUT2D eigenvalue weighted by Crippen LogP contribution is -2.41. The summed E-state index contributed by atoms with van der Waals surface area (Å²) < 4.78 is 10.3. The molecule has 2 heterocycles. The standard InChI is InChI=1S/C18H21N3O4.ClH/c1-24-14-4-2-12(3-5-14)10-21-7-6-16(18(21)23)20-17(22)13-8-15(9-19)25-11-13;/h2-5,8,11,16H,6-7,9-10,19H2,1H3,(H,20,22);1H. The maximum Gasteiger partial charge on any atom is 0.255 e. The van der Waals surface area contributed by atoms with Crippen LogP contribution in [0.1, 0.15) is 28.1 Å². The van der Waals surface area contributed by atoms with Crippen LogP contribution in [0.15, 0.2) is 41.0 Å². The molecule has 1 unspecified atom stereocenters. The molecule has 26 heavy (non-hydrogen) atoms. The van der Waals surface area contributed by atoms with E-state index in [4.69, 9.17) is 14.9 Å². The quantitative estimate of drug-likeness (QED) is 0.796. The lowest BCUT2D eigenvalue weighted by atomic mass is 10.2. The van der Waals surface area contributed by atoms with Crippen LogP contribution < -0.4 is 15.8 Å². The second-order valence-electron chi connectivity index (χ2n) is 5.93. The Kier molecular flexibility index (Phi) is 6.65. The van der Waals surface area contributed by atoms with E-state index in [0.717, 1.165) is 11.3 Å². The Morgan fingerprint density at radius 2 is 2.12 bits per heavy atom. The number of carbonyl (C=O) groups is 2. The first-order valence-corrected chi connectivity index (χ1v) is 8.10. The average Bonchev–Trinajstić information content (AvgIpc) is 3.24. The topological polar surface area (TPSA) is 97.8 Å². The molecule has 1 atom stereocenters. The molecule has 8 heteroatoms. The fourth-order valence-corrected chi connectivity index (χ4v) is 2.83. The molecule has 1 saturated heterocycles. The third-order valence-corrected chi connectivity index (χ3v) is 4.25. The van der Waals surface area contributed by atoms with Crippen molar-refractivity contribution in [1.82, 2.24) is 10.2 Å². The van der Waals surface area contributed by atoms with Crippen molar-refractivity contribution in [3.05, 3.63) is 53.5 Å². The second kappa shape index (κ2) is 8.73. The van der Waals surface area contributed by atoms with Gasteiger partial charge in [0.1, 0.15) is 23.8 Å². The molecule has 0 spiro atoms. The van der Waals surface area contributed by atoms with Crippen LogP contribution in [0.3, 0.4) is 0 Å². The van der Waals surface area contributed by atoms with Crippen LogP contribution in [0.25, 0.3) is 0 Å². The molecule has 1 fully saturated rings. The second-order valence-corrected chi connectivity index (χ2v) is 5.93. The van der Waals surface area contributed by atoms with Gasteiger partial charge in [-0.3, -0.25) is 9.59 Å². The first-order chi connectivity index (χ1) is 12.1. The van der Waals surface area contributed by atoms with E-state index < -0.39 is 6.04 Å². The largest absolute Gasteiger partial charge is 0.497 e. The van der Waals surface area contributed by atoms with E-state index >= 15 is 0 Å². The molecule has 2 aromatic rings. The van der Waals surface area contributed by atoms with E-state index in [1.54, 1.807) is 18.1 Å². The normalized spacial score (nSPS) is 16.3. The summed E-state index contributed by atoms with van der Waals surface area (Å²) in [5, 5.41) is 2.77. The van der Waals surface area contributed by atoms with Crippen LogP contribution in [0.5, 0.6) is 5.75 Å². The van der Waals surface area contributed by atoms with Gasteiger partial charge in [0.2, 0.25) is 5.91 Å². The predicted octanol–water partition coefficient (Wildman–Crippen LogP) is 1.70. The monoisotopic (exact) mass is 379 g/mol. The van der Waals surface area contributed by atoms with Gasteiger partial charge in [-0.2, -0.15) is 0 Å². The molecule has 7 nitrogen and oxygen atoms in total. The minimum atomic E-state index is -0.512. The summed E-state index contributed by atoms with van der Waals surface area (Å²) >= 11 is 0. The first kappa shape index (κ1) is 19.8. The first-order valence-electron chi connectivity index (χ1n) is 8.10. The number of nitrogens with zero attached hydrogens (tertiary/aromatic N) is 1. The number of benzene rings is 1.